The van der Waals surface area contributed by atoms with Gasteiger partial charge in [-0.1, -0.05) is 29.5 Å². The summed E-state index contributed by atoms with van der Waals surface area (Å²) in [6, 6.07) is 14.1. The van der Waals surface area contributed by atoms with Gasteiger partial charge in [-0.2, -0.15) is 0 Å². The van der Waals surface area contributed by atoms with Crippen molar-refractivity contribution in [3.05, 3.63) is 71.3 Å². The van der Waals surface area contributed by atoms with Crippen LogP contribution in [0.15, 0.2) is 48.5 Å². The van der Waals surface area contributed by atoms with Crippen molar-refractivity contribution in [2.45, 2.75) is 19.3 Å². The van der Waals surface area contributed by atoms with Crippen LogP contribution in [0.25, 0.3) is 0 Å². The Morgan fingerprint density at radius 1 is 1.09 bits per heavy atom. The molecule has 1 amide bonds. The van der Waals surface area contributed by atoms with E-state index in [4.69, 9.17) is 9.47 Å². The van der Waals surface area contributed by atoms with Crippen molar-refractivity contribution in [1.29, 1.82) is 0 Å². The molecule has 0 saturated carbocycles. The molecule has 2 aliphatic heterocycles. The van der Waals surface area contributed by atoms with Crippen molar-refractivity contribution in [1.82, 2.24) is 19.9 Å². The number of hydrogen-bond acceptors (Lipinski definition) is 6. The molecule has 0 unspecified atom stereocenters. The first-order valence-corrected chi connectivity index (χ1v) is 10.6. The highest BCUT2D eigenvalue weighted by atomic mass is 19.1. The molecule has 5 rings (SSSR count). The summed E-state index contributed by atoms with van der Waals surface area (Å²) in [5, 5.41) is 8.36. The molecule has 3 heterocycles. The minimum absolute atomic E-state index is 0.130. The smallest absolute Gasteiger partial charge is 0.276 e. The van der Waals surface area contributed by atoms with Crippen molar-refractivity contribution < 1.29 is 18.7 Å². The monoisotopic (exact) mass is 437 g/mol. The molecule has 0 aliphatic carbocycles. The van der Waals surface area contributed by atoms with E-state index in [0.717, 1.165) is 17.0 Å². The number of aromatic nitrogens is 3. The Morgan fingerprint density at radius 3 is 2.59 bits per heavy atom. The average molecular weight is 437 g/mol. The predicted molar refractivity (Wildman–Crippen MR) is 115 cm³/mol. The van der Waals surface area contributed by atoms with Gasteiger partial charge in [-0.05, 0) is 29.8 Å². The molecule has 0 N–H and O–H groups in total. The molecule has 0 spiro atoms. The van der Waals surface area contributed by atoms with Gasteiger partial charge in [0.25, 0.3) is 5.91 Å². The molecular weight excluding hydrogens is 413 g/mol. The van der Waals surface area contributed by atoms with Gasteiger partial charge in [0.05, 0.1) is 31.6 Å². The van der Waals surface area contributed by atoms with E-state index in [2.05, 4.69) is 15.2 Å². The summed E-state index contributed by atoms with van der Waals surface area (Å²) in [7, 11) is 1.66. The van der Waals surface area contributed by atoms with Crippen LogP contribution in [0.1, 0.15) is 27.8 Å². The topological polar surface area (TPSA) is 72.7 Å². The third kappa shape index (κ3) is 3.80. The van der Waals surface area contributed by atoms with Crippen LogP contribution in [0.3, 0.4) is 0 Å². The van der Waals surface area contributed by atoms with E-state index in [1.165, 1.54) is 12.1 Å². The van der Waals surface area contributed by atoms with E-state index in [1.54, 1.807) is 23.9 Å². The zero-order chi connectivity index (χ0) is 22.1. The van der Waals surface area contributed by atoms with Gasteiger partial charge in [-0.15, -0.1) is 5.10 Å². The summed E-state index contributed by atoms with van der Waals surface area (Å²) < 4.78 is 26.3. The predicted octanol–water partition coefficient (Wildman–Crippen LogP) is 2.66. The van der Waals surface area contributed by atoms with Gasteiger partial charge < -0.3 is 19.3 Å². The second-order valence-electron chi connectivity index (χ2n) is 7.87. The van der Waals surface area contributed by atoms with Crippen LogP contribution in [-0.4, -0.2) is 59.1 Å². The molecule has 8 nitrogen and oxygen atoms in total. The summed E-state index contributed by atoms with van der Waals surface area (Å²) in [4.78, 5) is 17.2. The maximum Gasteiger partial charge on any atom is 0.276 e. The van der Waals surface area contributed by atoms with E-state index in [9.17, 15) is 9.18 Å². The molecule has 166 valence electrons. The zero-order valence-corrected chi connectivity index (χ0v) is 17.8. The van der Waals surface area contributed by atoms with Crippen LogP contribution in [0, 0.1) is 5.82 Å². The molecule has 2 aromatic carbocycles. The van der Waals surface area contributed by atoms with Crippen LogP contribution in [-0.2, 0) is 17.9 Å². The SMILES string of the molecule is COc1ccccc1N1CCN(C(=O)c2nnn3c2CO[C@H](c2ccc(F)cc2)C3)CC1. The molecule has 0 bridgehead atoms. The first-order valence-electron chi connectivity index (χ1n) is 10.6. The minimum Gasteiger partial charge on any atom is -0.495 e. The van der Waals surface area contributed by atoms with E-state index in [1.807, 2.05) is 29.2 Å². The molecule has 9 heteroatoms. The number of rotatable bonds is 4. The fraction of sp³-hybridized carbons (Fsp3) is 0.348. The second-order valence-corrected chi connectivity index (χ2v) is 7.87. The lowest BCUT2D eigenvalue weighted by atomic mass is 10.1. The number of hydrogen-bond donors (Lipinski definition) is 0. The lowest BCUT2D eigenvalue weighted by molar-refractivity contribution is -0.00199. The number of ether oxygens (including phenoxy) is 2. The zero-order valence-electron chi connectivity index (χ0n) is 17.8. The maximum atomic E-state index is 13.2. The number of carbonyl (C=O) groups is 1. The van der Waals surface area contributed by atoms with Crippen molar-refractivity contribution in [3.63, 3.8) is 0 Å². The van der Waals surface area contributed by atoms with Crippen molar-refractivity contribution in [2.75, 3.05) is 38.2 Å². The third-order valence-electron chi connectivity index (χ3n) is 6.03. The highest BCUT2D eigenvalue weighted by Gasteiger charge is 2.31. The molecule has 2 aliphatic rings. The number of para-hydroxylation sites is 2. The Balaban J connectivity index is 1.25. The van der Waals surface area contributed by atoms with Crippen molar-refractivity contribution in [2.24, 2.45) is 0 Å². The highest BCUT2D eigenvalue weighted by molar-refractivity contribution is 5.93. The Morgan fingerprint density at radius 2 is 1.84 bits per heavy atom. The fourth-order valence-electron chi connectivity index (χ4n) is 4.25. The number of anilines is 1. The molecule has 32 heavy (non-hydrogen) atoms. The minimum atomic E-state index is -0.287. The molecular formula is C23H24FN5O3. The lowest BCUT2D eigenvalue weighted by Gasteiger charge is -2.36. The van der Waals surface area contributed by atoms with Gasteiger partial charge in [0.2, 0.25) is 0 Å². The Kier molecular flexibility index (Phi) is 5.48. The number of fused-ring (bicyclic) bond motifs is 1. The molecule has 1 aromatic heterocycles. The first-order chi connectivity index (χ1) is 15.6. The average Bonchev–Trinajstić information content (AvgIpc) is 3.27. The number of piperazine rings is 1. The van der Waals surface area contributed by atoms with E-state index < -0.39 is 0 Å². The largest absolute Gasteiger partial charge is 0.495 e. The van der Waals surface area contributed by atoms with E-state index >= 15 is 0 Å². The normalized spacial score (nSPS) is 18.4. The summed E-state index contributed by atoms with van der Waals surface area (Å²) in [5.74, 6) is 0.409. The fourth-order valence-corrected chi connectivity index (χ4v) is 4.25. The van der Waals surface area contributed by atoms with Gasteiger partial charge >= 0.3 is 0 Å². The van der Waals surface area contributed by atoms with Gasteiger partial charge in [-0.25, -0.2) is 9.07 Å². The van der Waals surface area contributed by atoms with Crippen molar-refractivity contribution >= 4 is 11.6 Å². The summed E-state index contributed by atoms with van der Waals surface area (Å²) >= 11 is 0. The number of nitrogens with zero attached hydrogens (tertiary/aromatic N) is 5. The standard InChI is InChI=1S/C23H24FN5O3/c1-31-20-5-3-2-4-18(20)27-10-12-28(13-11-27)23(30)22-19-15-32-21(14-29(19)26-25-22)16-6-8-17(24)9-7-16/h2-9,21H,10-15H2,1H3/t21-/m0/s1. The third-order valence-corrected chi connectivity index (χ3v) is 6.03. The Labute approximate surface area is 185 Å². The quantitative estimate of drug-likeness (QED) is 0.625. The number of carbonyl (C=O) groups excluding carboxylic acids is 1. The van der Waals surface area contributed by atoms with Crippen LogP contribution in [0.5, 0.6) is 5.75 Å². The number of benzene rings is 2. The highest BCUT2D eigenvalue weighted by Crippen LogP contribution is 2.30. The van der Waals surface area contributed by atoms with Crippen molar-refractivity contribution in [3.8, 4) is 5.75 Å². The van der Waals surface area contributed by atoms with Crippen LogP contribution in [0.4, 0.5) is 10.1 Å². The summed E-state index contributed by atoms with van der Waals surface area (Å²) in [5.41, 5.74) is 2.92. The molecule has 3 aromatic rings. The maximum absolute atomic E-state index is 13.2. The molecule has 1 atom stereocenters. The van der Waals surface area contributed by atoms with E-state index in [-0.39, 0.29) is 24.4 Å². The number of methoxy groups -OCH3 is 1. The van der Waals surface area contributed by atoms with Crippen LogP contribution < -0.4 is 9.64 Å². The first kappa shape index (κ1) is 20.4. The number of halogens is 1. The summed E-state index contributed by atoms with van der Waals surface area (Å²) in [6.07, 6.45) is -0.253. The Hall–Kier alpha value is -3.46. The second kappa shape index (κ2) is 8.58. The van der Waals surface area contributed by atoms with E-state index in [0.29, 0.717) is 44.1 Å². The van der Waals surface area contributed by atoms with Gasteiger partial charge in [-0.3, -0.25) is 4.79 Å². The Bertz CT molecular complexity index is 1110. The number of amides is 1. The van der Waals surface area contributed by atoms with Gasteiger partial charge in [0.15, 0.2) is 5.69 Å². The van der Waals surface area contributed by atoms with Crippen LogP contribution >= 0.6 is 0 Å². The van der Waals surface area contributed by atoms with Gasteiger partial charge in [0.1, 0.15) is 17.7 Å². The molecule has 1 saturated heterocycles. The van der Waals surface area contributed by atoms with Gasteiger partial charge in [0, 0.05) is 26.2 Å². The summed E-state index contributed by atoms with van der Waals surface area (Å²) in [6.45, 7) is 3.25. The molecule has 1 fully saturated rings. The lowest BCUT2D eigenvalue weighted by Crippen LogP contribution is -2.49. The molecule has 0 radical (unpaired) electrons. The van der Waals surface area contributed by atoms with Crippen LogP contribution in [0.2, 0.25) is 0 Å².